The van der Waals surface area contributed by atoms with Crippen molar-refractivity contribution in [2.75, 3.05) is 25.0 Å². The summed E-state index contributed by atoms with van der Waals surface area (Å²) in [6, 6.07) is 13.5. The highest BCUT2D eigenvalue weighted by Gasteiger charge is 2.25. The molecule has 0 saturated heterocycles. The Bertz CT molecular complexity index is 1460. The summed E-state index contributed by atoms with van der Waals surface area (Å²) in [6.07, 6.45) is 1.53. The molecule has 36 heavy (non-hydrogen) atoms. The van der Waals surface area contributed by atoms with Crippen molar-refractivity contribution in [1.29, 1.82) is 5.41 Å². The first-order valence-electron chi connectivity index (χ1n) is 11.0. The zero-order chi connectivity index (χ0) is 25.2. The van der Waals surface area contributed by atoms with Crippen LogP contribution < -0.4 is 31.9 Å². The van der Waals surface area contributed by atoms with Gasteiger partial charge in [-0.1, -0.05) is 0 Å². The van der Waals surface area contributed by atoms with Crippen LogP contribution in [0.1, 0.15) is 28.6 Å². The summed E-state index contributed by atoms with van der Waals surface area (Å²) >= 11 is 0. The molecule has 1 aliphatic rings. The predicted octanol–water partition coefficient (Wildman–Crippen LogP) is 1.90. The average Bonchev–Trinajstić information content (AvgIpc) is 3.27. The van der Waals surface area contributed by atoms with E-state index in [4.69, 9.17) is 31.1 Å². The monoisotopic (exact) mass is 488 g/mol. The fraction of sp³-hybridized carbons (Fsp3) is 0.167. The number of benzene rings is 2. The third-order valence-electron chi connectivity index (χ3n) is 5.68. The molecule has 3 heterocycles. The molecule has 184 valence electrons. The van der Waals surface area contributed by atoms with E-state index in [1.165, 1.54) is 6.20 Å². The summed E-state index contributed by atoms with van der Waals surface area (Å²) in [5, 5.41) is 15.5. The Hall–Kier alpha value is -4.84. The van der Waals surface area contributed by atoms with Gasteiger partial charge >= 0.3 is 5.69 Å². The van der Waals surface area contributed by atoms with Crippen LogP contribution in [-0.2, 0) is 11.3 Å². The molecule has 7 N–H and O–H groups in total. The Balaban J connectivity index is 1.62. The number of ether oxygens (including phenoxy) is 3. The van der Waals surface area contributed by atoms with Gasteiger partial charge in [-0.15, -0.1) is 5.10 Å². The van der Waals surface area contributed by atoms with Crippen molar-refractivity contribution in [3.8, 4) is 17.3 Å². The SMILES string of the molecule is COc1cc(C(Nc2ccc(C(=N)N)cc2)c2nn(-c3ncccc3N)c(=O)[nH]2)cc2c1OCOC2. The number of nitrogens with zero attached hydrogens (tertiary/aromatic N) is 3. The van der Waals surface area contributed by atoms with Gasteiger partial charge in [0.2, 0.25) is 0 Å². The first-order chi connectivity index (χ1) is 17.4. The lowest BCUT2D eigenvalue weighted by Gasteiger charge is -2.24. The van der Waals surface area contributed by atoms with Crippen molar-refractivity contribution < 1.29 is 14.2 Å². The lowest BCUT2D eigenvalue weighted by Crippen LogP contribution is -2.18. The van der Waals surface area contributed by atoms with Gasteiger partial charge in [0, 0.05) is 23.0 Å². The number of nitrogen functional groups attached to an aromatic ring is 2. The molecule has 2 aromatic heterocycles. The van der Waals surface area contributed by atoms with Gasteiger partial charge in [-0.25, -0.2) is 9.78 Å². The van der Waals surface area contributed by atoms with E-state index in [9.17, 15) is 4.79 Å². The van der Waals surface area contributed by atoms with Crippen molar-refractivity contribution in [3.05, 3.63) is 87.7 Å². The van der Waals surface area contributed by atoms with Crippen LogP contribution in [0.25, 0.3) is 5.82 Å². The molecule has 0 amide bonds. The number of aromatic amines is 1. The second kappa shape index (κ2) is 9.43. The maximum atomic E-state index is 12.9. The number of H-pyrrole nitrogens is 1. The quantitative estimate of drug-likeness (QED) is 0.192. The summed E-state index contributed by atoms with van der Waals surface area (Å²) in [4.78, 5) is 19.9. The van der Waals surface area contributed by atoms with Gasteiger partial charge in [0.15, 0.2) is 29.9 Å². The third kappa shape index (κ3) is 4.32. The van der Waals surface area contributed by atoms with E-state index in [0.717, 1.165) is 15.8 Å². The van der Waals surface area contributed by atoms with Crippen molar-refractivity contribution in [3.63, 3.8) is 0 Å². The fourth-order valence-corrected chi connectivity index (χ4v) is 3.95. The molecule has 5 rings (SSSR count). The number of rotatable bonds is 7. The Kier molecular flexibility index (Phi) is 6.00. The molecule has 1 atom stereocenters. The van der Waals surface area contributed by atoms with Crippen LogP contribution in [0.2, 0.25) is 0 Å². The van der Waals surface area contributed by atoms with Gasteiger partial charge in [-0.05, 0) is 54.1 Å². The van der Waals surface area contributed by atoms with Crippen molar-refractivity contribution in [2.24, 2.45) is 5.73 Å². The standard InChI is InChI=1S/C24H24N8O4/c1-34-18-10-14(9-15-11-35-12-36-20(15)18)19(29-16-6-4-13(5-7-16)21(26)27)22-30-24(33)32(31-22)23-17(25)3-2-8-28-23/h2-10,19,29H,11-12,25H2,1H3,(H3,26,27)(H,30,31,33). The predicted molar refractivity (Wildman–Crippen MR) is 133 cm³/mol. The zero-order valence-electron chi connectivity index (χ0n) is 19.3. The van der Waals surface area contributed by atoms with Crippen LogP contribution in [0, 0.1) is 5.41 Å². The average molecular weight is 489 g/mol. The molecule has 0 bridgehead atoms. The molecule has 1 aliphatic heterocycles. The van der Waals surface area contributed by atoms with E-state index in [2.05, 4.69) is 20.4 Å². The number of aromatic nitrogens is 4. The number of fused-ring (bicyclic) bond motifs is 1. The molecule has 0 fully saturated rings. The van der Waals surface area contributed by atoms with Crippen molar-refractivity contribution in [2.45, 2.75) is 12.6 Å². The number of nitrogens with one attached hydrogen (secondary N) is 3. The van der Waals surface area contributed by atoms with E-state index in [1.807, 2.05) is 12.1 Å². The first-order valence-corrected chi connectivity index (χ1v) is 11.0. The lowest BCUT2D eigenvalue weighted by atomic mass is 10.0. The second-order valence-corrected chi connectivity index (χ2v) is 8.03. The molecule has 0 spiro atoms. The summed E-state index contributed by atoms with van der Waals surface area (Å²) < 4.78 is 17.8. The number of hydrogen-bond acceptors (Lipinski definition) is 9. The Morgan fingerprint density at radius 2 is 2.08 bits per heavy atom. The summed E-state index contributed by atoms with van der Waals surface area (Å²) in [5.74, 6) is 1.64. The largest absolute Gasteiger partial charge is 0.493 e. The Morgan fingerprint density at radius 1 is 1.28 bits per heavy atom. The van der Waals surface area contributed by atoms with Crippen LogP contribution in [0.4, 0.5) is 11.4 Å². The molecule has 12 heteroatoms. The van der Waals surface area contributed by atoms with E-state index < -0.39 is 11.7 Å². The lowest BCUT2D eigenvalue weighted by molar-refractivity contribution is -0.0180. The molecular formula is C24H24N8O4. The molecule has 0 aliphatic carbocycles. The highest BCUT2D eigenvalue weighted by atomic mass is 16.7. The fourth-order valence-electron chi connectivity index (χ4n) is 3.95. The van der Waals surface area contributed by atoms with Gasteiger partial charge in [-0.3, -0.25) is 10.4 Å². The Morgan fingerprint density at radius 3 is 2.81 bits per heavy atom. The Labute approximate surface area is 205 Å². The second-order valence-electron chi connectivity index (χ2n) is 8.03. The maximum absolute atomic E-state index is 12.9. The van der Waals surface area contributed by atoms with E-state index in [0.29, 0.717) is 40.9 Å². The summed E-state index contributed by atoms with van der Waals surface area (Å²) in [7, 11) is 1.56. The van der Waals surface area contributed by atoms with Gasteiger partial charge < -0.3 is 31.0 Å². The van der Waals surface area contributed by atoms with Crippen molar-refractivity contribution >= 4 is 17.2 Å². The van der Waals surface area contributed by atoms with E-state index in [1.54, 1.807) is 43.5 Å². The molecule has 2 aromatic carbocycles. The van der Waals surface area contributed by atoms with E-state index in [-0.39, 0.29) is 18.4 Å². The van der Waals surface area contributed by atoms with Crippen LogP contribution in [0.5, 0.6) is 11.5 Å². The van der Waals surface area contributed by atoms with Crippen LogP contribution in [-0.4, -0.2) is 39.5 Å². The highest BCUT2D eigenvalue weighted by Crippen LogP contribution is 2.38. The summed E-state index contributed by atoms with van der Waals surface area (Å²) in [6.45, 7) is 0.477. The molecule has 4 aromatic rings. The topological polar surface area (TPSA) is 179 Å². The summed E-state index contributed by atoms with van der Waals surface area (Å²) in [5.41, 5.74) is 14.3. The minimum Gasteiger partial charge on any atom is -0.493 e. The number of amidine groups is 1. The first kappa shape index (κ1) is 22.9. The molecule has 0 saturated carbocycles. The van der Waals surface area contributed by atoms with Gasteiger partial charge in [-0.2, -0.15) is 4.68 Å². The number of pyridine rings is 1. The minimum absolute atomic E-state index is 0.0338. The van der Waals surface area contributed by atoms with Crippen molar-refractivity contribution in [1.82, 2.24) is 19.7 Å². The van der Waals surface area contributed by atoms with Gasteiger partial charge in [0.25, 0.3) is 0 Å². The van der Waals surface area contributed by atoms with Crippen LogP contribution >= 0.6 is 0 Å². The number of methoxy groups -OCH3 is 1. The van der Waals surface area contributed by atoms with Gasteiger partial charge in [0.05, 0.1) is 19.4 Å². The number of hydrogen-bond donors (Lipinski definition) is 5. The zero-order valence-corrected chi connectivity index (χ0v) is 19.3. The van der Waals surface area contributed by atoms with Crippen LogP contribution in [0.15, 0.2) is 59.5 Å². The van der Waals surface area contributed by atoms with E-state index >= 15 is 0 Å². The molecule has 0 radical (unpaired) electrons. The number of anilines is 2. The maximum Gasteiger partial charge on any atom is 0.349 e. The highest BCUT2D eigenvalue weighted by molar-refractivity contribution is 5.95. The normalized spacial score (nSPS) is 13.4. The molecular weight excluding hydrogens is 464 g/mol. The smallest absolute Gasteiger partial charge is 0.349 e. The molecule has 12 nitrogen and oxygen atoms in total. The van der Waals surface area contributed by atoms with Crippen LogP contribution in [0.3, 0.4) is 0 Å². The molecule has 1 unspecified atom stereocenters. The van der Waals surface area contributed by atoms with Gasteiger partial charge in [0.1, 0.15) is 11.9 Å². The number of nitrogens with two attached hydrogens (primary N) is 2. The third-order valence-corrected chi connectivity index (χ3v) is 5.68. The minimum atomic E-state index is -0.617.